The van der Waals surface area contributed by atoms with Crippen LogP contribution in [0, 0.1) is 11.3 Å². The van der Waals surface area contributed by atoms with E-state index in [0.29, 0.717) is 27.9 Å². The highest BCUT2D eigenvalue weighted by molar-refractivity contribution is 7.89. The largest absolute Gasteiger partial charge is 0.443 e. The van der Waals surface area contributed by atoms with Gasteiger partial charge in [-0.1, -0.05) is 42.8 Å². The molecule has 1 aromatic heterocycles. The molecule has 0 aliphatic heterocycles. The molecule has 2 aromatic carbocycles. The highest BCUT2D eigenvalue weighted by Gasteiger charge is 2.33. The predicted molar refractivity (Wildman–Crippen MR) is 135 cm³/mol. The fourth-order valence-corrected chi connectivity index (χ4v) is 5.05. The molecule has 1 heterocycles. The average Bonchev–Trinajstić information content (AvgIpc) is 3.19. The maximum atomic E-state index is 12.7. The van der Waals surface area contributed by atoms with Gasteiger partial charge in [0.25, 0.3) is 0 Å². The summed E-state index contributed by atoms with van der Waals surface area (Å²) in [5.74, 6) is -0.441. The first kappa shape index (κ1) is 26.3. The monoisotopic (exact) mass is 514 g/mol. The molecule has 0 aliphatic carbocycles. The molecule has 184 valence electrons. The Hall–Kier alpha value is -3.35. The Morgan fingerprint density at radius 2 is 1.91 bits per heavy atom. The number of benzene rings is 2. The molecule has 0 fully saturated rings. The molecule has 0 radical (unpaired) electrons. The third-order valence-corrected chi connectivity index (χ3v) is 6.80. The maximum Gasteiger partial charge on any atom is 0.421 e. The van der Waals surface area contributed by atoms with Gasteiger partial charge >= 0.3 is 6.09 Å². The zero-order valence-electron chi connectivity index (χ0n) is 19.9. The van der Waals surface area contributed by atoms with E-state index in [2.05, 4.69) is 5.10 Å². The van der Waals surface area contributed by atoms with Crippen molar-refractivity contribution in [3.05, 3.63) is 77.0 Å². The van der Waals surface area contributed by atoms with E-state index in [9.17, 15) is 18.5 Å². The highest BCUT2D eigenvalue weighted by atomic mass is 35.5. The molecule has 0 spiro atoms. The van der Waals surface area contributed by atoms with E-state index in [1.54, 1.807) is 62.0 Å². The van der Waals surface area contributed by atoms with E-state index in [1.165, 1.54) is 6.08 Å². The first-order chi connectivity index (χ1) is 16.4. The first-order valence-corrected chi connectivity index (χ1v) is 13.0. The van der Waals surface area contributed by atoms with Crippen molar-refractivity contribution < 1.29 is 17.9 Å². The summed E-state index contributed by atoms with van der Waals surface area (Å²) < 4.78 is 34.2. The highest BCUT2D eigenvalue weighted by Crippen LogP contribution is 2.35. The molecule has 35 heavy (non-hydrogen) atoms. The molecular weight excluding hydrogens is 488 g/mol. The van der Waals surface area contributed by atoms with Crippen molar-refractivity contribution in [2.75, 3.05) is 0 Å². The van der Waals surface area contributed by atoms with Gasteiger partial charge in [-0.25, -0.2) is 17.9 Å². The number of rotatable bonds is 7. The summed E-state index contributed by atoms with van der Waals surface area (Å²) in [7, 11) is -4.03. The number of amides is 1. The van der Waals surface area contributed by atoms with E-state index in [4.69, 9.17) is 16.3 Å². The van der Waals surface area contributed by atoms with Gasteiger partial charge in [-0.05, 0) is 62.6 Å². The van der Waals surface area contributed by atoms with Crippen molar-refractivity contribution in [3.63, 3.8) is 0 Å². The predicted octanol–water partition coefficient (Wildman–Crippen LogP) is 5.28. The minimum absolute atomic E-state index is 0.441. The second-order valence-electron chi connectivity index (χ2n) is 9.02. The Balaban J connectivity index is 2.06. The molecule has 1 amide bonds. The summed E-state index contributed by atoms with van der Waals surface area (Å²) in [6, 6.07) is 14.6. The minimum Gasteiger partial charge on any atom is -0.443 e. The third-order valence-electron chi connectivity index (χ3n) is 5.38. The van der Waals surface area contributed by atoms with Crippen LogP contribution in [-0.4, -0.2) is 29.9 Å². The second kappa shape index (κ2) is 10.1. The number of sulfonamides is 1. The standard InChI is InChI=1S/C25H27ClN4O4S/c1-5-25(14-7-15-27,19-10-12-20(26)13-11-19)30-22-9-6-8-18(21(22)16-28-30)17-35(32,33)29-23(31)34-24(2,3)4/h6-14,16H,5,17H2,1-4H3,(H,29,31)/b14-7+. The minimum atomic E-state index is -4.03. The van der Waals surface area contributed by atoms with Crippen LogP contribution in [0.15, 0.2) is 60.8 Å². The maximum absolute atomic E-state index is 12.7. The van der Waals surface area contributed by atoms with Crippen LogP contribution in [0.1, 0.15) is 45.2 Å². The van der Waals surface area contributed by atoms with Gasteiger partial charge in [-0.15, -0.1) is 0 Å². The van der Waals surface area contributed by atoms with Crippen molar-refractivity contribution in [1.82, 2.24) is 14.5 Å². The van der Waals surface area contributed by atoms with Gasteiger partial charge in [0.1, 0.15) is 11.1 Å². The van der Waals surface area contributed by atoms with Crippen molar-refractivity contribution in [1.29, 1.82) is 5.26 Å². The van der Waals surface area contributed by atoms with Gasteiger partial charge < -0.3 is 4.74 Å². The zero-order chi connectivity index (χ0) is 25.9. The molecule has 1 N–H and O–H groups in total. The normalized spacial score (nSPS) is 13.9. The number of fused-ring (bicyclic) bond motifs is 1. The van der Waals surface area contributed by atoms with Gasteiger partial charge in [0.05, 0.1) is 23.5 Å². The summed E-state index contributed by atoms with van der Waals surface area (Å²) >= 11 is 6.09. The van der Waals surface area contributed by atoms with Crippen LogP contribution in [0.4, 0.5) is 4.79 Å². The number of nitrogens with one attached hydrogen (secondary N) is 1. The van der Waals surface area contributed by atoms with Crippen molar-refractivity contribution in [3.8, 4) is 6.07 Å². The lowest BCUT2D eigenvalue weighted by molar-refractivity contribution is 0.0570. The topological polar surface area (TPSA) is 114 Å². The number of hydrogen-bond donors (Lipinski definition) is 1. The van der Waals surface area contributed by atoms with Crippen molar-refractivity contribution in [2.45, 2.75) is 51.0 Å². The number of ether oxygens (including phenoxy) is 1. The Labute approximate surface area is 210 Å². The zero-order valence-corrected chi connectivity index (χ0v) is 21.5. The number of nitriles is 1. The van der Waals surface area contributed by atoms with Gasteiger partial charge in [-0.2, -0.15) is 10.4 Å². The average molecular weight is 515 g/mol. The Bertz CT molecular complexity index is 1400. The lowest BCUT2D eigenvalue weighted by Crippen LogP contribution is -2.36. The molecule has 10 heteroatoms. The van der Waals surface area contributed by atoms with Crippen LogP contribution in [0.3, 0.4) is 0 Å². The van der Waals surface area contributed by atoms with Crippen molar-refractivity contribution >= 4 is 38.6 Å². The summed E-state index contributed by atoms with van der Waals surface area (Å²) in [5.41, 5.74) is 0.368. The number of hydrogen-bond acceptors (Lipinski definition) is 6. The smallest absolute Gasteiger partial charge is 0.421 e. The van der Waals surface area contributed by atoms with Crippen LogP contribution < -0.4 is 4.72 Å². The number of halogens is 1. The lowest BCUT2D eigenvalue weighted by Gasteiger charge is -2.31. The summed E-state index contributed by atoms with van der Waals surface area (Å²) in [6.07, 6.45) is 4.30. The Morgan fingerprint density at radius 3 is 2.51 bits per heavy atom. The van der Waals surface area contributed by atoms with Crippen LogP contribution in [-0.2, 0) is 26.1 Å². The third kappa shape index (κ3) is 6.02. The molecule has 0 aliphatic rings. The fourth-order valence-electron chi connectivity index (χ4n) is 3.90. The molecule has 0 saturated heterocycles. The van der Waals surface area contributed by atoms with E-state index < -0.39 is 33.0 Å². The fraction of sp³-hybridized carbons (Fsp3) is 0.320. The van der Waals surface area contributed by atoms with Gasteiger partial charge in [-0.3, -0.25) is 4.68 Å². The van der Waals surface area contributed by atoms with E-state index >= 15 is 0 Å². The Kier molecular flexibility index (Phi) is 7.58. The van der Waals surface area contributed by atoms with Crippen molar-refractivity contribution in [2.24, 2.45) is 0 Å². The first-order valence-electron chi connectivity index (χ1n) is 10.9. The molecule has 0 saturated carbocycles. The number of allylic oxidation sites excluding steroid dienone is 2. The quantitative estimate of drug-likeness (QED) is 0.429. The summed E-state index contributed by atoms with van der Waals surface area (Å²) in [5, 5.41) is 15.0. The molecule has 3 rings (SSSR count). The number of aromatic nitrogens is 2. The van der Waals surface area contributed by atoms with E-state index in [0.717, 1.165) is 5.56 Å². The molecular formula is C25H27ClN4O4S. The van der Waals surface area contributed by atoms with Crippen LogP contribution in [0.5, 0.6) is 0 Å². The number of carbonyl (C=O) groups excluding carboxylic acids is 1. The van der Waals surface area contributed by atoms with Gasteiger partial charge in [0.15, 0.2) is 0 Å². The SMILES string of the molecule is CCC(/C=C/C#N)(c1ccc(Cl)cc1)n1ncc2c(CS(=O)(=O)NC(=O)OC(C)(C)C)cccc21. The second-order valence-corrected chi connectivity index (χ2v) is 11.2. The Morgan fingerprint density at radius 1 is 1.23 bits per heavy atom. The molecule has 3 aromatic rings. The summed E-state index contributed by atoms with van der Waals surface area (Å²) in [6.45, 7) is 6.92. The number of nitrogens with zero attached hydrogens (tertiary/aromatic N) is 3. The summed E-state index contributed by atoms with van der Waals surface area (Å²) in [4.78, 5) is 12.0. The molecule has 0 bridgehead atoms. The molecule has 1 unspecified atom stereocenters. The lowest BCUT2D eigenvalue weighted by atomic mass is 9.86. The number of carbonyl (C=O) groups is 1. The van der Waals surface area contributed by atoms with E-state index in [1.807, 2.05) is 35.9 Å². The molecule has 1 atom stereocenters. The van der Waals surface area contributed by atoms with Gasteiger partial charge in [0.2, 0.25) is 10.0 Å². The van der Waals surface area contributed by atoms with E-state index in [-0.39, 0.29) is 0 Å². The molecule has 8 nitrogen and oxygen atoms in total. The van der Waals surface area contributed by atoms with Crippen LogP contribution >= 0.6 is 11.6 Å². The van der Waals surface area contributed by atoms with Gasteiger partial charge in [0, 0.05) is 16.5 Å². The van der Waals surface area contributed by atoms with Crippen LogP contribution in [0.25, 0.3) is 10.9 Å². The van der Waals surface area contributed by atoms with Crippen LogP contribution in [0.2, 0.25) is 5.02 Å².